The minimum atomic E-state index is 0.0154. The number of ether oxygens (including phenoxy) is 1. The first-order valence-electron chi connectivity index (χ1n) is 17.6. The molecular formula is C36H70O2. The number of hydrogen-bond donors (Lipinski definition) is 0. The van der Waals surface area contributed by atoms with Crippen molar-refractivity contribution in [3.8, 4) is 0 Å². The van der Waals surface area contributed by atoms with Gasteiger partial charge >= 0.3 is 5.97 Å². The topological polar surface area (TPSA) is 26.3 Å². The predicted molar refractivity (Wildman–Crippen MR) is 170 cm³/mol. The Bertz CT molecular complexity index is 470. The van der Waals surface area contributed by atoms with Gasteiger partial charge in [0.05, 0.1) is 6.61 Å². The first kappa shape index (κ1) is 37.2. The van der Waals surface area contributed by atoms with Gasteiger partial charge in [-0.1, -0.05) is 180 Å². The number of rotatable bonds is 32. The van der Waals surface area contributed by atoms with Crippen LogP contribution in [0.4, 0.5) is 0 Å². The Morgan fingerprint density at radius 1 is 0.421 bits per heavy atom. The van der Waals surface area contributed by atoms with Crippen LogP contribution in [0.15, 0.2) is 12.2 Å². The van der Waals surface area contributed by atoms with E-state index < -0.39 is 0 Å². The molecule has 0 N–H and O–H groups in total. The van der Waals surface area contributed by atoms with Gasteiger partial charge in [-0.25, -0.2) is 0 Å². The summed E-state index contributed by atoms with van der Waals surface area (Å²) in [5.74, 6) is 0.0154. The number of carbonyl (C=O) groups excluding carboxylic acids is 1. The second kappa shape index (κ2) is 34.2. The molecule has 0 unspecified atom stereocenters. The SMILES string of the molecule is CCCC/C=C/CCCCCCCC(=O)OCCCCCCCCCCCCCCCCCCCCCC. The van der Waals surface area contributed by atoms with Gasteiger partial charge in [0.15, 0.2) is 0 Å². The second-order valence-electron chi connectivity index (χ2n) is 11.9. The minimum absolute atomic E-state index is 0.0154. The van der Waals surface area contributed by atoms with E-state index in [0.717, 1.165) is 19.3 Å². The van der Waals surface area contributed by atoms with Gasteiger partial charge in [-0.3, -0.25) is 4.79 Å². The van der Waals surface area contributed by atoms with Crippen molar-refractivity contribution < 1.29 is 9.53 Å². The summed E-state index contributed by atoms with van der Waals surface area (Å²) in [5, 5.41) is 0. The molecule has 0 radical (unpaired) electrons. The van der Waals surface area contributed by atoms with E-state index in [1.165, 1.54) is 167 Å². The molecule has 0 aromatic rings. The summed E-state index contributed by atoms with van der Waals surface area (Å²) in [6.07, 6.45) is 44.2. The monoisotopic (exact) mass is 535 g/mol. The first-order valence-corrected chi connectivity index (χ1v) is 17.6. The molecule has 0 rings (SSSR count). The van der Waals surface area contributed by atoms with Crippen LogP contribution in [0.25, 0.3) is 0 Å². The van der Waals surface area contributed by atoms with Crippen LogP contribution in [0.1, 0.15) is 206 Å². The van der Waals surface area contributed by atoms with E-state index in [-0.39, 0.29) is 5.97 Å². The molecule has 0 amide bonds. The van der Waals surface area contributed by atoms with E-state index in [4.69, 9.17) is 4.74 Å². The number of carbonyl (C=O) groups is 1. The zero-order valence-corrected chi connectivity index (χ0v) is 26.4. The van der Waals surface area contributed by atoms with Gasteiger partial charge in [-0.2, -0.15) is 0 Å². The van der Waals surface area contributed by atoms with Crippen molar-refractivity contribution in [3.05, 3.63) is 12.2 Å². The van der Waals surface area contributed by atoms with Crippen LogP contribution < -0.4 is 0 Å². The van der Waals surface area contributed by atoms with Crippen LogP contribution >= 0.6 is 0 Å². The zero-order valence-electron chi connectivity index (χ0n) is 26.4. The summed E-state index contributed by atoms with van der Waals surface area (Å²) in [6, 6.07) is 0. The van der Waals surface area contributed by atoms with Gasteiger partial charge in [0.2, 0.25) is 0 Å². The lowest BCUT2D eigenvalue weighted by Gasteiger charge is -2.06. The Morgan fingerprint density at radius 2 is 0.763 bits per heavy atom. The van der Waals surface area contributed by atoms with Crippen molar-refractivity contribution in [2.75, 3.05) is 6.61 Å². The lowest BCUT2D eigenvalue weighted by molar-refractivity contribution is -0.143. The molecule has 0 fully saturated rings. The highest BCUT2D eigenvalue weighted by Crippen LogP contribution is 2.15. The molecule has 0 atom stereocenters. The molecule has 0 bridgehead atoms. The Hall–Kier alpha value is -0.790. The molecule has 0 aliphatic rings. The Kier molecular flexibility index (Phi) is 33.5. The van der Waals surface area contributed by atoms with E-state index in [9.17, 15) is 4.79 Å². The van der Waals surface area contributed by atoms with E-state index in [1.54, 1.807) is 0 Å². The van der Waals surface area contributed by atoms with E-state index in [2.05, 4.69) is 26.0 Å². The number of esters is 1. The van der Waals surface area contributed by atoms with Crippen LogP contribution in [0.2, 0.25) is 0 Å². The molecule has 0 spiro atoms. The molecule has 0 heterocycles. The van der Waals surface area contributed by atoms with Crippen molar-refractivity contribution in [1.29, 1.82) is 0 Å². The van der Waals surface area contributed by atoms with E-state index in [0.29, 0.717) is 13.0 Å². The fourth-order valence-electron chi connectivity index (χ4n) is 5.23. The summed E-state index contributed by atoms with van der Waals surface area (Å²) in [7, 11) is 0. The molecular weight excluding hydrogens is 464 g/mol. The van der Waals surface area contributed by atoms with Crippen LogP contribution in [0.5, 0.6) is 0 Å². The second-order valence-corrected chi connectivity index (χ2v) is 11.9. The smallest absolute Gasteiger partial charge is 0.305 e. The molecule has 2 heteroatoms. The zero-order chi connectivity index (χ0) is 27.6. The fraction of sp³-hybridized carbons (Fsp3) is 0.917. The van der Waals surface area contributed by atoms with Crippen molar-refractivity contribution in [3.63, 3.8) is 0 Å². The van der Waals surface area contributed by atoms with E-state index >= 15 is 0 Å². The molecule has 226 valence electrons. The summed E-state index contributed by atoms with van der Waals surface area (Å²) in [4.78, 5) is 11.9. The highest BCUT2D eigenvalue weighted by molar-refractivity contribution is 5.69. The number of unbranched alkanes of at least 4 members (excludes halogenated alkanes) is 26. The molecule has 0 aromatic heterocycles. The van der Waals surface area contributed by atoms with Gasteiger partial charge in [-0.05, 0) is 32.1 Å². The molecule has 0 saturated carbocycles. The average Bonchev–Trinajstić information content (AvgIpc) is 2.92. The highest BCUT2D eigenvalue weighted by atomic mass is 16.5. The van der Waals surface area contributed by atoms with Gasteiger partial charge in [-0.15, -0.1) is 0 Å². The standard InChI is InChI=1S/C36H70O2/c1-3-5-7-9-11-13-15-16-17-18-19-20-21-22-23-25-27-29-31-33-35-38-36(37)34-32-30-28-26-24-14-12-10-8-6-4-2/h10,12H,3-9,11,13-35H2,1-2H3/b12-10+. The number of allylic oxidation sites excluding steroid dienone is 2. The first-order chi connectivity index (χ1) is 18.8. The van der Waals surface area contributed by atoms with Crippen molar-refractivity contribution >= 4 is 5.97 Å². The van der Waals surface area contributed by atoms with Crippen LogP contribution in [0, 0.1) is 0 Å². The molecule has 0 aliphatic carbocycles. The van der Waals surface area contributed by atoms with Crippen molar-refractivity contribution in [1.82, 2.24) is 0 Å². The molecule has 0 saturated heterocycles. The minimum Gasteiger partial charge on any atom is -0.466 e. The molecule has 2 nitrogen and oxygen atoms in total. The molecule has 0 aliphatic heterocycles. The maximum Gasteiger partial charge on any atom is 0.305 e. The quantitative estimate of drug-likeness (QED) is 0.0487. The lowest BCUT2D eigenvalue weighted by Crippen LogP contribution is -2.05. The maximum absolute atomic E-state index is 11.9. The highest BCUT2D eigenvalue weighted by Gasteiger charge is 2.02. The lowest BCUT2D eigenvalue weighted by atomic mass is 10.0. The third-order valence-electron chi connectivity index (χ3n) is 7.90. The Labute approximate surface area is 240 Å². The van der Waals surface area contributed by atoms with Gasteiger partial charge in [0.25, 0.3) is 0 Å². The third kappa shape index (κ3) is 33.2. The van der Waals surface area contributed by atoms with Crippen LogP contribution in [0.3, 0.4) is 0 Å². The average molecular weight is 535 g/mol. The predicted octanol–water partition coefficient (Wildman–Crippen LogP) is 12.8. The van der Waals surface area contributed by atoms with Crippen molar-refractivity contribution in [2.45, 2.75) is 206 Å². The summed E-state index contributed by atoms with van der Waals surface area (Å²) in [5.41, 5.74) is 0. The largest absolute Gasteiger partial charge is 0.466 e. The maximum atomic E-state index is 11.9. The van der Waals surface area contributed by atoms with Gasteiger partial charge in [0, 0.05) is 6.42 Å². The summed E-state index contributed by atoms with van der Waals surface area (Å²) < 4.78 is 5.42. The molecule has 0 aromatic carbocycles. The fourth-order valence-corrected chi connectivity index (χ4v) is 5.23. The van der Waals surface area contributed by atoms with Gasteiger partial charge in [0.1, 0.15) is 0 Å². The summed E-state index contributed by atoms with van der Waals surface area (Å²) in [6.45, 7) is 5.17. The molecule has 38 heavy (non-hydrogen) atoms. The van der Waals surface area contributed by atoms with E-state index in [1.807, 2.05) is 0 Å². The Morgan fingerprint density at radius 3 is 1.21 bits per heavy atom. The van der Waals surface area contributed by atoms with Crippen molar-refractivity contribution in [2.24, 2.45) is 0 Å². The third-order valence-corrected chi connectivity index (χ3v) is 7.90. The number of hydrogen-bond acceptors (Lipinski definition) is 2. The summed E-state index contributed by atoms with van der Waals surface area (Å²) >= 11 is 0. The van der Waals surface area contributed by atoms with Crippen LogP contribution in [-0.2, 0) is 9.53 Å². The Balaban J connectivity index is 3.15. The van der Waals surface area contributed by atoms with Gasteiger partial charge < -0.3 is 4.74 Å². The normalized spacial score (nSPS) is 11.5. The van der Waals surface area contributed by atoms with Crippen LogP contribution in [-0.4, -0.2) is 12.6 Å².